The standard InChI is InChI=1S/C25H21FN2O5/c1-2-31-17-13-11-16(12-14-17)27-25(30)24-23(18-7-3-5-9-20(18)33-24)28-22(29)15-32-21-10-6-4-8-19(21)26/h3-14H,2,15H2,1H3,(H,27,30)(H,28,29). The van der Waals surface area contributed by atoms with Crippen LogP contribution in [0.1, 0.15) is 17.5 Å². The Morgan fingerprint density at radius 3 is 2.39 bits per heavy atom. The van der Waals surface area contributed by atoms with Gasteiger partial charge in [0, 0.05) is 11.1 Å². The van der Waals surface area contributed by atoms with Gasteiger partial charge in [-0.1, -0.05) is 24.3 Å². The van der Waals surface area contributed by atoms with Crippen molar-refractivity contribution in [3.63, 3.8) is 0 Å². The van der Waals surface area contributed by atoms with Crippen molar-refractivity contribution in [3.8, 4) is 11.5 Å². The number of nitrogens with one attached hydrogen (secondary N) is 2. The first-order valence-corrected chi connectivity index (χ1v) is 10.3. The van der Waals surface area contributed by atoms with E-state index in [9.17, 15) is 14.0 Å². The number of ether oxygens (including phenoxy) is 2. The third-order valence-corrected chi connectivity index (χ3v) is 4.68. The van der Waals surface area contributed by atoms with Gasteiger partial charge in [-0.25, -0.2) is 4.39 Å². The van der Waals surface area contributed by atoms with Gasteiger partial charge in [0.2, 0.25) is 5.76 Å². The maximum absolute atomic E-state index is 13.7. The van der Waals surface area contributed by atoms with Crippen LogP contribution in [0.3, 0.4) is 0 Å². The SMILES string of the molecule is CCOc1ccc(NC(=O)c2oc3ccccc3c2NC(=O)COc2ccccc2F)cc1. The van der Waals surface area contributed by atoms with E-state index in [1.54, 1.807) is 54.6 Å². The van der Waals surface area contributed by atoms with Crippen LogP contribution >= 0.6 is 0 Å². The van der Waals surface area contributed by atoms with Crippen LogP contribution in [0.15, 0.2) is 77.2 Å². The van der Waals surface area contributed by atoms with Crippen LogP contribution in [-0.4, -0.2) is 25.0 Å². The summed E-state index contributed by atoms with van der Waals surface area (Å²) in [7, 11) is 0. The molecule has 2 N–H and O–H groups in total. The minimum absolute atomic E-state index is 0.0434. The fraction of sp³-hybridized carbons (Fsp3) is 0.120. The first-order chi connectivity index (χ1) is 16.0. The van der Waals surface area contributed by atoms with Gasteiger partial charge in [-0.05, 0) is 55.5 Å². The van der Waals surface area contributed by atoms with Crippen LogP contribution < -0.4 is 20.1 Å². The highest BCUT2D eigenvalue weighted by atomic mass is 19.1. The number of amides is 2. The molecule has 0 atom stereocenters. The Morgan fingerprint density at radius 2 is 1.64 bits per heavy atom. The van der Waals surface area contributed by atoms with Crippen LogP contribution in [0.25, 0.3) is 11.0 Å². The van der Waals surface area contributed by atoms with Crippen molar-refractivity contribution in [2.24, 2.45) is 0 Å². The molecular formula is C25H21FN2O5. The van der Waals surface area contributed by atoms with Crippen molar-refractivity contribution in [1.29, 1.82) is 0 Å². The molecule has 0 fully saturated rings. The Hall–Kier alpha value is -4.33. The highest BCUT2D eigenvalue weighted by Crippen LogP contribution is 2.31. The van der Waals surface area contributed by atoms with Crippen molar-refractivity contribution in [3.05, 3.63) is 84.4 Å². The zero-order valence-corrected chi connectivity index (χ0v) is 17.8. The predicted octanol–water partition coefficient (Wildman–Crippen LogP) is 5.24. The molecule has 0 unspecified atom stereocenters. The molecule has 2 amide bonds. The average Bonchev–Trinajstić information content (AvgIpc) is 3.18. The van der Waals surface area contributed by atoms with E-state index < -0.39 is 24.2 Å². The molecule has 33 heavy (non-hydrogen) atoms. The van der Waals surface area contributed by atoms with Gasteiger partial charge in [0.25, 0.3) is 11.8 Å². The minimum atomic E-state index is -0.575. The van der Waals surface area contributed by atoms with Crippen molar-refractivity contribution in [2.45, 2.75) is 6.92 Å². The number of anilines is 2. The van der Waals surface area contributed by atoms with Gasteiger partial charge in [0.15, 0.2) is 18.2 Å². The molecule has 0 spiro atoms. The minimum Gasteiger partial charge on any atom is -0.494 e. The smallest absolute Gasteiger partial charge is 0.293 e. The van der Waals surface area contributed by atoms with E-state index in [0.717, 1.165) is 0 Å². The van der Waals surface area contributed by atoms with Gasteiger partial charge in [-0.3, -0.25) is 9.59 Å². The number of carbonyl (C=O) groups is 2. The van der Waals surface area contributed by atoms with Gasteiger partial charge in [-0.15, -0.1) is 0 Å². The molecule has 3 aromatic carbocycles. The van der Waals surface area contributed by atoms with Gasteiger partial charge in [-0.2, -0.15) is 0 Å². The monoisotopic (exact) mass is 448 g/mol. The number of benzene rings is 3. The van der Waals surface area contributed by atoms with E-state index in [2.05, 4.69) is 10.6 Å². The van der Waals surface area contributed by atoms with Crippen molar-refractivity contribution in [1.82, 2.24) is 0 Å². The summed E-state index contributed by atoms with van der Waals surface area (Å²) in [4.78, 5) is 25.5. The molecule has 0 aliphatic heterocycles. The maximum atomic E-state index is 13.7. The second-order valence-electron chi connectivity index (χ2n) is 6.98. The van der Waals surface area contributed by atoms with E-state index in [1.165, 1.54) is 18.2 Å². The van der Waals surface area contributed by atoms with Crippen LogP contribution in [0.2, 0.25) is 0 Å². The van der Waals surface area contributed by atoms with Crippen LogP contribution in [0, 0.1) is 5.82 Å². The molecule has 1 aromatic heterocycles. The lowest BCUT2D eigenvalue weighted by Gasteiger charge is -2.09. The second kappa shape index (κ2) is 9.86. The normalized spacial score (nSPS) is 10.6. The van der Waals surface area contributed by atoms with E-state index >= 15 is 0 Å². The summed E-state index contributed by atoms with van der Waals surface area (Å²) in [6, 6.07) is 19.6. The number of para-hydroxylation sites is 2. The first kappa shape index (κ1) is 21.9. The Bertz CT molecular complexity index is 1280. The number of furan rings is 1. The van der Waals surface area contributed by atoms with Gasteiger partial charge < -0.3 is 24.5 Å². The molecule has 0 saturated heterocycles. The van der Waals surface area contributed by atoms with Crippen molar-refractivity contribution in [2.75, 3.05) is 23.8 Å². The first-order valence-electron chi connectivity index (χ1n) is 10.3. The molecule has 0 aliphatic carbocycles. The van der Waals surface area contributed by atoms with Crippen LogP contribution in [0.5, 0.6) is 11.5 Å². The van der Waals surface area contributed by atoms with Crippen molar-refractivity contribution >= 4 is 34.2 Å². The van der Waals surface area contributed by atoms with E-state index in [1.807, 2.05) is 6.92 Å². The van der Waals surface area contributed by atoms with E-state index in [4.69, 9.17) is 13.9 Å². The fourth-order valence-electron chi connectivity index (χ4n) is 3.20. The summed E-state index contributed by atoms with van der Waals surface area (Å²) in [6.07, 6.45) is 0. The lowest BCUT2D eigenvalue weighted by Crippen LogP contribution is -2.22. The Labute approximate surface area is 189 Å². The Morgan fingerprint density at radius 1 is 0.909 bits per heavy atom. The quantitative estimate of drug-likeness (QED) is 0.385. The summed E-state index contributed by atoms with van der Waals surface area (Å²) in [6.45, 7) is 1.98. The lowest BCUT2D eigenvalue weighted by molar-refractivity contribution is -0.118. The number of carbonyl (C=O) groups excluding carboxylic acids is 2. The topological polar surface area (TPSA) is 89.8 Å². The van der Waals surface area contributed by atoms with Crippen molar-refractivity contribution < 1.29 is 27.9 Å². The summed E-state index contributed by atoms with van der Waals surface area (Å²) in [5.41, 5.74) is 1.17. The summed E-state index contributed by atoms with van der Waals surface area (Å²) in [5, 5.41) is 5.95. The number of rotatable bonds is 8. The molecule has 8 heteroatoms. The fourth-order valence-corrected chi connectivity index (χ4v) is 3.20. The number of fused-ring (bicyclic) bond motifs is 1. The second-order valence-corrected chi connectivity index (χ2v) is 6.98. The lowest BCUT2D eigenvalue weighted by atomic mass is 10.2. The van der Waals surface area contributed by atoms with E-state index in [0.29, 0.717) is 29.0 Å². The summed E-state index contributed by atoms with van der Waals surface area (Å²) >= 11 is 0. The molecule has 4 rings (SSSR count). The van der Waals surface area contributed by atoms with Crippen LogP contribution in [0.4, 0.5) is 15.8 Å². The molecule has 4 aromatic rings. The molecule has 1 heterocycles. The maximum Gasteiger partial charge on any atom is 0.293 e. The molecule has 0 saturated carbocycles. The summed E-state index contributed by atoms with van der Waals surface area (Å²) < 4.78 is 30.1. The Balaban J connectivity index is 1.53. The third-order valence-electron chi connectivity index (χ3n) is 4.68. The zero-order chi connectivity index (χ0) is 23.2. The van der Waals surface area contributed by atoms with Gasteiger partial charge in [0.05, 0.1) is 6.61 Å². The largest absolute Gasteiger partial charge is 0.494 e. The van der Waals surface area contributed by atoms with Gasteiger partial charge in [0.1, 0.15) is 17.0 Å². The Kier molecular flexibility index (Phi) is 6.54. The van der Waals surface area contributed by atoms with Crippen LogP contribution in [-0.2, 0) is 4.79 Å². The molecule has 168 valence electrons. The molecule has 0 bridgehead atoms. The average molecular weight is 448 g/mol. The molecule has 0 aliphatic rings. The molecule has 0 radical (unpaired) electrons. The van der Waals surface area contributed by atoms with E-state index in [-0.39, 0.29) is 17.2 Å². The third kappa shape index (κ3) is 5.12. The number of hydrogen-bond acceptors (Lipinski definition) is 5. The summed E-state index contributed by atoms with van der Waals surface area (Å²) in [5.74, 6) is -1.11. The molecule has 7 nitrogen and oxygen atoms in total. The number of hydrogen-bond donors (Lipinski definition) is 2. The zero-order valence-electron chi connectivity index (χ0n) is 17.8. The predicted molar refractivity (Wildman–Crippen MR) is 122 cm³/mol. The highest BCUT2D eigenvalue weighted by molar-refractivity contribution is 6.14. The molecular weight excluding hydrogens is 427 g/mol. The highest BCUT2D eigenvalue weighted by Gasteiger charge is 2.22. The van der Waals surface area contributed by atoms with Gasteiger partial charge >= 0.3 is 0 Å². The number of halogens is 1.